The molecular weight excluding hydrogens is 387 g/mol. The van der Waals surface area contributed by atoms with E-state index in [4.69, 9.17) is 4.74 Å². The maximum atomic E-state index is 12.0. The Hall–Kier alpha value is -1.22. The van der Waals surface area contributed by atoms with E-state index in [9.17, 15) is 14.9 Å². The van der Waals surface area contributed by atoms with E-state index in [0.717, 1.165) is 12.8 Å². The summed E-state index contributed by atoms with van der Waals surface area (Å²) in [7, 11) is 0. The molecule has 0 aliphatic carbocycles. The summed E-state index contributed by atoms with van der Waals surface area (Å²) in [5, 5.41) is 13.5. The molecule has 0 aliphatic heterocycles. The van der Waals surface area contributed by atoms with Gasteiger partial charge in [0.15, 0.2) is 0 Å². The van der Waals surface area contributed by atoms with Crippen molar-refractivity contribution >= 4 is 34.2 Å². The van der Waals surface area contributed by atoms with Crippen molar-refractivity contribution in [3.63, 3.8) is 0 Å². The molecule has 0 aliphatic rings. The van der Waals surface area contributed by atoms with Crippen molar-refractivity contribution in [3.05, 3.63) is 37.4 Å². The van der Waals surface area contributed by atoms with Gasteiger partial charge in [0.1, 0.15) is 0 Å². The average Bonchev–Trinajstić information content (AvgIpc) is 2.42. The molecule has 1 aromatic carbocycles. The number of carbonyl (C=O) groups excluding carboxylic acids is 1. The number of halogens is 1. The minimum absolute atomic E-state index is 0.0779. The first-order valence-corrected chi connectivity index (χ1v) is 7.83. The molecule has 0 saturated carbocycles. The zero-order chi connectivity index (χ0) is 15.8. The Bertz CT molecular complexity index is 506. The molecular formula is C14H19IN2O4. The van der Waals surface area contributed by atoms with Crippen molar-refractivity contribution in [1.82, 2.24) is 5.32 Å². The molecule has 1 rings (SSSR count). The Labute approximate surface area is 137 Å². The van der Waals surface area contributed by atoms with Gasteiger partial charge in [-0.3, -0.25) is 14.9 Å². The Morgan fingerprint density at radius 3 is 2.76 bits per heavy atom. The van der Waals surface area contributed by atoms with Crippen LogP contribution in [0.15, 0.2) is 18.2 Å². The molecule has 0 aromatic heterocycles. The molecule has 1 aromatic rings. The quantitative estimate of drug-likeness (QED) is 0.311. The molecule has 1 amide bonds. The summed E-state index contributed by atoms with van der Waals surface area (Å²) < 4.78 is 6.10. The number of ether oxygens (including phenoxy) is 1. The minimum Gasteiger partial charge on any atom is -0.379 e. The number of unbranched alkanes of at least 4 members (excludes halogenated alkanes) is 1. The number of nitrogens with zero attached hydrogens (tertiary/aromatic N) is 1. The molecule has 0 radical (unpaired) electrons. The lowest BCUT2D eigenvalue weighted by atomic mass is 10.2. The lowest BCUT2D eigenvalue weighted by Crippen LogP contribution is -2.25. The van der Waals surface area contributed by atoms with Crippen molar-refractivity contribution in [3.8, 4) is 0 Å². The molecule has 0 unspecified atom stereocenters. The maximum absolute atomic E-state index is 12.0. The highest BCUT2D eigenvalue weighted by Gasteiger charge is 2.14. The summed E-state index contributed by atoms with van der Waals surface area (Å²) in [6, 6.07) is 4.27. The molecule has 0 bridgehead atoms. The third-order valence-electron chi connectivity index (χ3n) is 2.71. The van der Waals surface area contributed by atoms with Crippen molar-refractivity contribution in [2.75, 3.05) is 13.2 Å². The molecule has 0 fully saturated rings. The second-order valence-corrected chi connectivity index (χ2v) is 5.97. The Morgan fingerprint density at radius 1 is 1.43 bits per heavy atom. The van der Waals surface area contributed by atoms with Gasteiger partial charge in [0.2, 0.25) is 0 Å². The lowest BCUT2D eigenvalue weighted by molar-refractivity contribution is -0.384. The van der Waals surface area contributed by atoms with Crippen LogP contribution in [-0.2, 0) is 4.74 Å². The molecule has 7 heteroatoms. The summed E-state index contributed by atoms with van der Waals surface area (Å²) in [6.07, 6.45) is 1.89. The van der Waals surface area contributed by atoms with Gasteiger partial charge in [-0.1, -0.05) is 0 Å². The predicted octanol–water partition coefficient (Wildman–Crippen LogP) is 3.13. The van der Waals surface area contributed by atoms with Crippen LogP contribution in [0, 0.1) is 13.7 Å². The summed E-state index contributed by atoms with van der Waals surface area (Å²) in [5.74, 6) is -0.284. The summed E-state index contributed by atoms with van der Waals surface area (Å²) >= 11 is 1.99. The van der Waals surface area contributed by atoms with Gasteiger partial charge in [0, 0.05) is 28.9 Å². The van der Waals surface area contributed by atoms with Crippen LogP contribution in [-0.4, -0.2) is 30.1 Å². The molecule has 0 spiro atoms. The Balaban J connectivity index is 2.45. The zero-order valence-electron chi connectivity index (χ0n) is 12.1. The zero-order valence-corrected chi connectivity index (χ0v) is 14.3. The fraction of sp³-hybridized carbons (Fsp3) is 0.500. The van der Waals surface area contributed by atoms with Crippen molar-refractivity contribution < 1.29 is 14.5 Å². The topological polar surface area (TPSA) is 81.5 Å². The SMILES string of the molecule is CC(C)OCCCCNC(=O)c1cc([N+](=O)[O-])ccc1I. The van der Waals surface area contributed by atoms with Crippen LogP contribution in [0.5, 0.6) is 0 Å². The number of rotatable bonds is 8. The highest BCUT2D eigenvalue weighted by atomic mass is 127. The van der Waals surface area contributed by atoms with Crippen LogP contribution in [0.2, 0.25) is 0 Å². The second kappa shape index (κ2) is 8.93. The highest BCUT2D eigenvalue weighted by molar-refractivity contribution is 14.1. The van der Waals surface area contributed by atoms with Crippen LogP contribution in [0.3, 0.4) is 0 Å². The van der Waals surface area contributed by atoms with Crippen LogP contribution in [0.4, 0.5) is 5.69 Å². The summed E-state index contributed by atoms with van der Waals surface area (Å²) in [5.41, 5.74) is 0.258. The molecule has 116 valence electrons. The van der Waals surface area contributed by atoms with Gasteiger partial charge in [0.05, 0.1) is 16.6 Å². The van der Waals surface area contributed by atoms with E-state index >= 15 is 0 Å². The summed E-state index contributed by atoms with van der Waals surface area (Å²) in [6.45, 7) is 5.15. The number of nitrogens with one attached hydrogen (secondary N) is 1. The molecule has 21 heavy (non-hydrogen) atoms. The van der Waals surface area contributed by atoms with E-state index in [2.05, 4.69) is 5.32 Å². The Morgan fingerprint density at radius 2 is 2.14 bits per heavy atom. The van der Waals surface area contributed by atoms with Gasteiger partial charge in [-0.15, -0.1) is 0 Å². The number of benzene rings is 1. The van der Waals surface area contributed by atoms with Crippen LogP contribution in [0.25, 0.3) is 0 Å². The largest absolute Gasteiger partial charge is 0.379 e. The third-order valence-corrected chi connectivity index (χ3v) is 3.65. The van der Waals surface area contributed by atoms with Gasteiger partial charge in [-0.05, 0) is 55.3 Å². The number of hydrogen-bond acceptors (Lipinski definition) is 4. The van der Waals surface area contributed by atoms with Crippen molar-refractivity contribution in [2.45, 2.75) is 32.8 Å². The van der Waals surface area contributed by atoms with E-state index in [1.54, 1.807) is 6.07 Å². The van der Waals surface area contributed by atoms with E-state index in [-0.39, 0.29) is 17.7 Å². The predicted molar refractivity (Wildman–Crippen MR) is 88.5 cm³/mol. The average molecular weight is 406 g/mol. The number of amides is 1. The molecule has 6 nitrogen and oxygen atoms in total. The van der Waals surface area contributed by atoms with Gasteiger partial charge in [0.25, 0.3) is 11.6 Å². The van der Waals surface area contributed by atoms with Gasteiger partial charge in [-0.25, -0.2) is 0 Å². The van der Waals surface area contributed by atoms with Crippen LogP contribution < -0.4 is 5.32 Å². The first-order valence-electron chi connectivity index (χ1n) is 6.75. The number of nitro benzene ring substituents is 1. The van der Waals surface area contributed by atoms with Gasteiger partial charge in [-0.2, -0.15) is 0 Å². The van der Waals surface area contributed by atoms with E-state index in [0.29, 0.717) is 22.3 Å². The Kier molecular flexibility index (Phi) is 7.58. The maximum Gasteiger partial charge on any atom is 0.270 e. The first-order chi connectivity index (χ1) is 9.91. The van der Waals surface area contributed by atoms with Crippen molar-refractivity contribution in [1.29, 1.82) is 0 Å². The fourth-order valence-electron chi connectivity index (χ4n) is 1.64. The fourth-order valence-corrected chi connectivity index (χ4v) is 2.22. The smallest absolute Gasteiger partial charge is 0.270 e. The third kappa shape index (κ3) is 6.38. The molecule has 0 saturated heterocycles. The summed E-state index contributed by atoms with van der Waals surface area (Å²) in [4.78, 5) is 22.2. The van der Waals surface area contributed by atoms with Crippen molar-refractivity contribution in [2.24, 2.45) is 0 Å². The van der Waals surface area contributed by atoms with E-state index < -0.39 is 4.92 Å². The molecule has 0 heterocycles. The minimum atomic E-state index is -0.504. The molecule has 1 N–H and O–H groups in total. The number of hydrogen-bond donors (Lipinski definition) is 1. The second-order valence-electron chi connectivity index (χ2n) is 4.80. The molecule has 0 atom stereocenters. The normalized spacial score (nSPS) is 10.7. The number of carbonyl (C=O) groups is 1. The van der Waals surface area contributed by atoms with E-state index in [1.165, 1.54) is 12.1 Å². The highest BCUT2D eigenvalue weighted by Crippen LogP contribution is 2.19. The monoisotopic (exact) mass is 406 g/mol. The van der Waals surface area contributed by atoms with Gasteiger partial charge < -0.3 is 10.1 Å². The number of nitro groups is 1. The number of non-ortho nitro benzene ring substituents is 1. The van der Waals surface area contributed by atoms with E-state index in [1.807, 2.05) is 36.4 Å². The first kappa shape index (κ1) is 17.8. The van der Waals surface area contributed by atoms with Gasteiger partial charge >= 0.3 is 0 Å². The van der Waals surface area contributed by atoms with Crippen LogP contribution >= 0.6 is 22.6 Å². The standard InChI is InChI=1S/C14H19IN2O4/c1-10(2)21-8-4-3-7-16-14(18)12-9-11(17(19)20)5-6-13(12)15/h5-6,9-10H,3-4,7-8H2,1-2H3,(H,16,18). The lowest BCUT2D eigenvalue weighted by Gasteiger charge is -2.08. The van der Waals surface area contributed by atoms with Crippen LogP contribution in [0.1, 0.15) is 37.0 Å².